The van der Waals surface area contributed by atoms with Gasteiger partial charge in [0.25, 0.3) is 0 Å². The van der Waals surface area contributed by atoms with Crippen LogP contribution in [0.5, 0.6) is 5.88 Å². The quantitative estimate of drug-likeness (QED) is 0.828. The molecule has 6 nitrogen and oxygen atoms in total. The molecule has 0 atom stereocenters. The third kappa shape index (κ3) is 3.92. The van der Waals surface area contributed by atoms with Gasteiger partial charge in [-0.2, -0.15) is 0 Å². The van der Waals surface area contributed by atoms with Gasteiger partial charge < -0.3 is 15.2 Å². The fourth-order valence-electron chi connectivity index (χ4n) is 1.75. The summed E-state index contributed by atoms with van der Waals surface area (Å²) in [4.78, 5) is 27.1. The molecule has 0 radical (unpaired) electrons. The number of nitrogens with one attached hydrogen (secondary N) is 1. The van der Waals surface area contributed by atoms with Gasteiger partial charge in [-0.05, 0) is 24.3 Å². The molecule has 0 aliphatic heterocycles. The van der Waals surface area contributed by atoms with Gasteiger partial charge in [0, 0.05) is 12.1 Å². The van der Waals surface area contributed by atoms with Crippen LogP contribution in [0, 0.1) is 0 Å². The lowest BCUT2D eigenvalue weighted by Gasteiger charge is -2.05. The highest BCUT2D eigenvalue weighted by atomic mass is 16.5. The van der Waals surface area contributed by atoms with Crippen molar-refractivity contribution in [1.82, 2.24) is 4.98 Å². The van der Waals surface area contributed by atoms with Crippen LogP contribution in [0.25, 0.3) is 6.08 Å². The Morgan fingerprint density at radius 3 is 2.68 bits per heavy atom. The number of carbonyl (C=O) groups is 2. The zero-order chi connectivity index (χ0) is 15.9. The average Bonchev–Trinajstić information content (AvgIpc) is 2.53. The number of carboxylic acid groups (broad SMARTS) is 1. The van der Waals surface area contributed by atoms with Crippen molar-refractivity contribution < 1.29 is 19.4 Å². The molecule has 0 saturated heterocycles. The molecule has 0 spiro atoms. The van der Waals surface area contributed by atoms with Crippen LogP contribution in [0.1, 0.15) is 16.1 Å². The number of hydrogen-bond acceptors (Lipinski definition) is 4. The summed E-state index contributed by atoms with van der Waals surface area (Å²) < 4.78 is 4.99. The number of para-hydroxylation sites is 1. The molecule has 2 N–H and O–H groups in total. The summed E-state index contributed by atoms with van der Waals surface area (Å²) in [6.07, 6.45) is 2.79. The van der Waals surface area contributed by atoms with Crippen LogP contribution in [-0.4, -0.2) is 29.1 Å². The zero-order valence-electron chi connectivity index (χ0n) is 11.8. The Labute approximate surface area is 127 Å². The first-order chi connectivity index (χ1) is 10.6. The molecule has 112 valence electrons. The van der Waals surface area contributed by atoms with Gasteiger partial charge in [-0.1, -0.05) is 18.2 Å². The highest BCUT2D eigenvalue weighted by Crippen LogP contribution is 2.15. The van der Waals surface area contributed by atoms with Crippen molar-refractivity contribution in [1.29, 1.82) is 0 Å². The number of pyridine rings is 1. The summed E-state index contributed by atoms with van der Waals surface area (Å²) in [5, 5.41) is 11.6. The number of carbonyl (C=O) groups excluding carboxylic acids is 1. The monoisotopic (exact) mass is 298 g/mol. The Kier molecular flexibility index (Phi) is 4.87. The van der Waals surface area contributed by atoms with Gasteiger partial charge in [0.1, 0.15) is 0 Å². The number of methoxy groups -OCH3 is 1. The second kappa shape index (κ2) is 7.03. The van der Waals surface area contributed by atoms with Gasteiger partial charge in [-0.15, -0.1) is 0 Å². The number of anilines is 1. The molecule has 0 aliphatic rings. The van der Waals surface area contributed by atoms with Gasteiger partial charge in [-0.25, -0.2) is 9.78 Å². The van der Waals surface area contributed by atoms with Crippen molar-refractivity contribution in [2.75, 3.05) is 12.4 Å². The van der Waals surface area contributed by atoms with Crippen molar-refractivity contribution in [2.24, 2.45) is 0 Å². The van der Waals surface area contributed by atoms with Crippen molar-refractivity contribution in [3.8, 4) is 5.88 Å². The number of ether oxygens (including phenoxy) is 1. The summed E-state index contributed by atoms with van der Waals surface area (Å²) in [6.45, 7) is 0. The van der Waals surface area contributed by atoms with Crippen LogP contribution in [0.4, 0.5) is 5.69 Å². The van der Waals surface area contributed by atoms with Gasteiger partial charge in [-0.3, -0.25) is 4.79 Å². The van der Waals surface area contributed by atoms with Gasteiger partial charge in [0.15, 0.2) is 0 Å². The van der Waals surface area contributed by atoms with Crippen LogP contribution in [0.15, 0.2) is 48.5 Å². The molecule has 0 bridgehead atoms. The molecule has 0 unspecified atom stereocenters. The van der Waals surface area contributed by atoms with Crippen LogP contribution < -0.4 is 10.1 Å². The lowest BCUT2D eigenvalue weighted by atomic mass is 10.2. The minimum Gasteiger partial charge on any atom is -0.481 e. The highest BCUT2D eigenvalue weighted by Gasteiger charge is 2.10. The third-order valence-corrected chi connectivity index (χ3v) is 2.78. The second-order valence-electron chi connectivity index (χ2n) is 4.28. The molecule has 1 heterocycles. The van der Waals surface area contributed by atoms with E-state index in [2.05, 4.69) is 10.3 Å². The molecular formula is C16H14N2O4. The molecule has 0 saturated carbocycles. The summed E-state index contributed by atoms with van der Waals surface area (Å²) >= 11 is 0. The van der Waals surface area contributed by atoms with Crippen molar-refractivity contribution >= 4 is 23.6 Å². The van der Waals surface area contributed by atoms with Crippen LogP contribution in [-0.2, 0) is 4.79 Å². The van der Waals surface area contributed by atoms with Gasteiger partial charge >= 0.3 is 5.97 Å². The van der Waals surface area contributed by atoms with E-state index in [0.29, 0.717) is 11.6 Å². The Morgan fingerprint density at radius 1 is 1.18 bits per heavy atom. The molecule has 6 heteroatoms. The van der Waals surface area contributed by atoms with Crippen molar-refractivity contribution in [3.63, 3.8) is 0 Å². The first kappa shape index (κ1) is 15.2. The highest BCUT2D eigenvalue weighted by molar-refractivity contribution is 6.05. The number of benzene rings is 1. The summed E-state index contributed by atoms with van der Waals surface area (Å²) in [7, 11) is 1.51. The number of aromatic nitrogens is 1. The molecule has 2 rings (SSSR count). The lowest BCUT2D eigenvalue weighted by molar-refractivity contribution is -0.111. The SMILES string of the molecule is COc1cccc(/C=C/C(=O)Nc2ccccc2C(=O)O)n1. The van der Waals surface area contributed by atoms with Crippen molar-refractivity contribution in [2.45, 2.75) is 0 Å². The Balaban J connectivity index is 2.10. The Bertz CT molecular complexity index is 726. The Morgan fingerprint density at radius 2 is 1.95 bits per heavy atom. The lowest BCUT2D eigenvalue weighted by Crippen LogP contribution is -2.11. The van der Waals surface area contributed by atoms with E-state index in [-0.39, 0.29) is 11.3 Å². The van der Waals surface area contributed by atoms with E-state index in [0.717, 1.165) is 0 Å². The number of hydrogen-bond donors (Lipinski definition) is 2. The van der Waals surface area contributed by atoms with E-state index in [1.807, 2.05) is 0 Å². The molecule has 0 aliphatic carbocycles. The number of carboxylic acids is 1. The average molecular weight is 298 g/mol. The molecule has 0 fully saturated rings. The zero-order valence-corrected chi connectivity index (χ0v) is 11.8. The molecular weight excluding hydrogens is 284 g/mol. The molecule has 2 aromatic rings. The number of rotatable bonds is 5. The normalized spacial score (nSPS) is 10.4. The molecule has 22 heavy (non-hydrogen) atoms. The van der Waals surface area contributed by atoms with E-state index >= 15 is 0 Å². The maximum absolute atomic E-state index is 11.9. The summed E-state index contributed by atoms with van der Waals surface area (Å²) in [5.74, 6) is -1.11. The standard InChI is InChI=1S/C16H14N2O4/c1-22-15-8-4-5-11(17-15)9-10-14(19)18-13-7-3-2-6-12(13)16(20)21/h2-10H,1H3,(H,18,19)(H,20,21)/b10-9+. The van der Waals surface area contributed by atoms with Crippen molar-refractivity contribution in [3.05, 3.63) is 59.8 Å². The van der Waals surface area contributed by atoms with Gasteiger partial charge in [0.05, 0.1) is 24.1 Å². The van der Waals surface area contributed by atoms with E-state index in [9.17, 15) is 9.59 Å². The fourth-order valence-corrected chi connectivity index (χ4v) is 1.75. The minimum absolute atomic E-state index is 0.0313. The van der Waals surface area contributed by atoms with E-state index < -0.39 is 11.9 Å². The number of amides is 1. The third-order valence-electron chi connectivity index (χ3n) is 2.78. The largest absolute Gasteiger partial charge is 0.481 e. The Hall–Kier alpha value is -3.15. The topological polar surface area (TPSA) is 88.5 Å². The first-order valence-corrected chi connectivity index (χ1v) is 6.42. The molecule has 1 aromatic heterocycles. The fraction of sp³-hybridized carbons (Fsp3) is 0.0625. The summed E-state index contributed by atoms with van der Waals surface area (Å²) in [5.41, 5.74) is 0.827. The number of aromatic carboxylic acids is 1. The van der Waals surface area contributed by atoms with Crippen LogP contribution in [0.3, 0.4) is 0 Å². The molecule has 1 aromatic carbocycles. The summed E-state index contributed by atoms with van der Waals surface area (Å²) in [6, 6.07) is 11.4. The van der Waals surface area contributed by atoms with E-state index in [1.165, 1.54) is 31.4 Å². The first-order valence-electron chi connectivity index (χ1n) is 6.42. The number of nitrogens with zero attached hydrogens (tertiary/aromatic N) is 1. The van der Waals surface area contributed by atoms with Crippen LogP contribution >= 0.6 is 0 Å². The second-order valence-corrected chi connectivity index (χ2v) is 4.28. The van der Waals surface area contributed by atoms with Gasteiger partial charge in [0.2, 0.25) is 11.8 Å². The van der Waals surface area contributed by atoms with Crippen LogP contribution in [0.2, 0.25) is 0 Å². The smallest absolute Gasteiger partial charge is 0.337 e. The van der Waals surface area contributed by atoms with E-state index in [4.69, 9.17) is 9.84 Å². The predicted octanol–water partition coefficient (Wildman–Crippen LogP) is 2.44. The maximum Gasteiger partial charge on any atom is 0.337 e. The minimum atomic E-state index is -1.10. The van der Waals surface area contributed by atoms with E-state index in [1.54, 1.807) is 30.3 Å². The predicted molar refractivity (Wildman–Crippen MR) is 81.9 cm³/mol. The maximum atomic E-state index is 11.9. The molecule has 1 amide bonds.